The van der Waals surface area contributed by atoms with Gasteiger partial charge in [-0.15, -0.1) is 0 Å². The first kappa shape index (κ1) is 36.2. The number of hydrogen-bond donors (Lipinski definition) is 6. The van der Waals surface area contributed by atoms with Gasteiger partial charge in [-0.3, -0.25) is 9.89 Å². The molecule has 0 radical (unpaired) electrons. The van der Waals surface area contributed by atoms with Gasteiger partial charge in [0.1, 0.15) is 23.4 Å². The number of hydrogen-bond acceptors (Lipinski definition) is 7. The van der Waals surface area contributed by atoms with Crippen LogP contribution in [0.25, 0.3) is 11.3 Å². The van der Waals surface area contributed by atoms with E-state index in [1.165, 1.54) is 12.3 Å². The van der Waals surface area contributed by atoms with Gasteiger partial charge in [-0.25, -0.2) is 13.6 Å². The number of carbonyl (C=O) groups excluding carboxylic acids is 2. The van der Waals surface area contributed by atoms with Crippen molar-refractivity contribution in [2.45, 2.75) is 44.6 Å². The van der Waals surface area contributed by atoms with Crippen molar-refractivity contribution in [3.63, 3.8) is 0 Å². The van der Waals surface area contributed by atoms with Gasteiger partial charge in [-0.05, 0) is 56.2 Å². The van der Waals surface area contributed by atoms with E-state index in [-0.39, 0.29) is 17.6 Å². The summed E-state index contributed by atoms with van der Waals surface area (Å²) in [5.41, 5.74) is -1.55. The van der Waals surface area contributed by atoms with Gasteiger partial charge in [-0.2, -0.15) is 18.3 Å². The summed E-state index contributed by atoms with van der Waals surface area (Å²) in [4.78, 5) is 25.3. The molecule has 0 unspecified atom stereocenters. The maximum absolute atomic E-state index is 14.9. The Bertz CT molecular complexity index is 1620. The van der Waals surface area contributed by atoms with Crippen molar-refractivity contribution in [3.8, 4) is 23.1 Å². The van der Waals surface area contributed by atoms with Crippen LogP contribution in [0.15, 0.2) is 60.8 Å². The van der Waals surface area contributed by atoms with Crippen molar-refractivity contribution < 1.29 is 41.4 Å². The highest BCUT2D eigenvalue weighted by atomic mass is 19.4. The number of methoxy groups -OCH3 is 1. The lowest BCUT2D eigenvalue weighted by atomic mass is 9.82. The topological polar surface area (TPSA) is 152 Å². The number of H-pyrrole nitrogens is 1. The molecule has 250 valence electrons. The third-order valence-corrected chi connectivity index (χ3v) is 7.25. The number of allylic oxidation sites excluding steroid dienone is 1. The summed E-state index contributed by atoms with van der Waals surface area (Å²) >= 11 is 0. The minimum atomic E-state index is -4.96. The highest BCUT2D eigenvalue weighted by molar-refractivity contribution is 5.87. The van der Waals surface area contributed by atoms with Gasteiger partial charge in [0.05, 0.1) is 30.4 Å². The largest absolute Gasteiger partial charge is 0.453 e. The lowest BCUT2D eigenvalue weighted by molar-refractivity contribution is -0.220. The van der Waals surface area contributed by atoms with Crippen molar-refractivity contribution in [2.24, 2.45) is 5.41 Å². The molecular formula is C32H33F5N6O4. The zero-order valence-electron chi connectivity index (χ0n) is 25.6. The van der Waals surface area contributed by atoms with E-state index < -0.39 is 65.6 Å². The second-order valence-corrected chi connectivity index (χ2v) is 11.0. The van der Waals surface area contributed by atoms with E-state index in [1.807, 2.05) is 5.32 Å². The van der Waals surface area contributed by atoms with Crippen LogP contribution in [0.4, 0.5) is 32.4 Å². The SMILES string of the molecule is C=C(C#Cc1ccc(C[C@H](NC(=O)[C@@H](NC(=O)OC)C(C)(C)C(F)(F)F)[C@@H](O)CNc2c(F)cc(-c3ccn[nH]3)cc2F)cc1)C=N. The van der Waals surface area contributed by atoms with Crippen LogP contribution in [0.5, 0.6) is 0 Å². The lowest BCUT2D eigenvalue weighted by Crippen LogP contribution is -2.62. The molecule has 6 N–H and O–H groups in total. The van der Waals surface area contributed by atoms with Crippen molar-refractivity contribution in [3.05, 3.63) is 83.6 Å². The van der Waals surface area contributed by atoms with E-state index in [0.29, 0.717) is 30.7 Å². The number of amides is 2. The molecule has 1 aromatic heterocycles. The van der Waals surface area contributed by atoms with Crippen molar-refractivity contribution in [1.82, 2.24) is 20.8 Å². The van der Waals surface area contributed by atoms with Gasteiger partial charge >= 0.3 is 12.3 Å². The molecule has 0 aliphatic heterocycles. The molecule has 0 fully saturated rings. The van der Waals surface area contributed by atoms with E-state index in [9.17, 15) is 36.6 Å². The first-order valence-corrected chi connectivity index (χ1v) is 14.0. The van der Waals surface area contributed by atoms with Gasteiger partial charge < -0.3 is 31.2 Å². The summed E-state index contributed by atoms with van der Waals surface area (Å²) in [6.45, 7) is 4.46. The molecule has 47 heavy (non-hydrogen) atoms. The number of alkyl carbamates (subject to hydrolysis) is 1. The van der Waals surface area contributed by atoms with Crippen molar-refractivity contribution in [1.29, 1.82) is 5.41 Å². The third-order valence-electron chi connectivity index (χ3n) is 7.25. The van der Waals surface area contributed by atoms with Crippen LogP contribution < -0.4 is 16.0 Å². The molecule has 3 rings (SSSR count). The molecule has 15 heteroatoms. The average molecular weight is 661 g/mol. The summed E-state index contributed by atoms with van der Waals surface area (Å²) < 4.78 is 76.2. The highest BCUT2D eigenvalue weighted by Gasteiger charge is 2.56. The lowest BCUT2D eigenvalue weighted by Gasteiger charge is -2.36. The first-order valence-electron chi connectivity index (χ1n) is 14.0. The fourth-order valence-electron chi connectivity index (χ4n) is 4.29. The standard InChI is InChI=1S/C32H33F5N6O4/c1-18(16-38)5-6-19-7-9-20(10-8-19)13-25(41-29(45)28(42-30(46)47-4)31(2,3)32(35,36)37)26(44)17-39-27-22(33)14-21(15-23(27)34)24-11-12-40-43-24/h7-12,14-16,25-26,28,38-39,44H,1,13,17H2,2-4H3,(H,40,43)(H,41,45)(H,42,46)/t25-,26-,28+/m0/s1. The Balaban J connectivity index is 1.90. The van der Waals surface area contributed by atoms with Gasteiger partial charge in [0.15, 0.2) is 0 Å². The Labute approximate surface area is 267 Å². The monoisotopic (exact) mass is 660 g/mol. The number of anilines is 1. The third kappa shape index (κ3) is 9.39. The Morgan fingerprint density at radius 2 is 1.77 bits per heavy atom. The maximum atomic E-state index is 14.9. The van der Waals surface area contributed by atoms with Crippen molar-refractivity contribution in [2.75, 3.05) is 19.0 Å². The quantitative estimate of drug-likeness (QED) is 0.0940. The van der Waals surface area contributed by atoms with Crippen LogP contribution in [0.2, 0.25) is 0 Å². The fourth-order valence-corrected chi connectivity index (χ4v) is 4.29. The molecule has 3 atom stereocenters. The fraction of sp³-hybridized carbons (Fsp3) is 0.312. The van der Waals surface area contributed by atoms with E-state index >= 15 is 0 Å². The molecule has 0 spiro atoms. The Kier molecular flexibility index (Phi) is 11.9. The number of ether oxygens (including phenoxy) is 1. The number of aliphatic hydroxyl groups is 1. The van der Waals surface area contributed by atoms with E-state index in [4.69, 9.17) is 5.41 Å². The number of aromatic nitrogens is 2. The number of nitrogens with zero attached hydrogens (tertiary/aromatic N) is 1. The minimum absolute atomic E-state index is 0.156. The van der Waals surface area contributed by atoms with Crippen LogP contribution in [0, 0.1) is 34.3 Å². The van der Waals surface area contributed by atoms with Crippen LogP contribution in [-0.2, 0) is 16.0 Å². The van der Waals surface area contributed by atoms with Crippen molar-refractivity contribution >= 4 is 23.9 Å². The molecular weight excluding hydrogens is 627 g/mol. The van der Waals surface area contributed by atoms with E-state index in [0.717, 1.165) is 25.5 Å². The summed E-state index contributed by atoms with van der Waals surface area (Å²) in [6, 6.07) is 6.44. The van der Waals surface area contributed by atoms with Crippen LogP contribution in [-0.4, -0.2) is 71.5 Å². The molecule has 2 aromatic carbocycles. The number of aliphatic hydroxyl groups excluding tert-OH is 1. The second-order valence-electron chi connectivity index (χ2n) is 11.0. The second kappa shape index (κ2) is 15.4. The first-order chi connectivity index (χ1) is 22.1. The number of nitrogens with one attached hydrogen (secondary N) is 5. The zero-order chi connectivity index (χ0) is 34.9. The normalized spacial score (nSPS) is 13.3. The molecule has 0 saturated heterocycles. The Morgan fingerprint density at radius 1 is 1.13 bits per heavy atom. The molecule has 10 nitrogen and oxygen atoms in total. The molecule has 2 amide bonds. The highest BCUT2D eigenvalue weighted by Crippen LogP contribution is 2.40. The maximum Gasteiger partial charge on any atom is 0.407 e. The molecule has 0 bridgehead atoms. The number of benzene rings is 2. The van der Waals surface area contributed by atoms with Gasteiger partial charge in [-0.1, -0.05) is 30.6 Å². The number of aromatic amines is 1. The number of alkyl halides is 3. The summed E-state index contributed by atoms with van der Waals surface area (Å²) in [6.07, 6.45) is -5.64. The van der Waals surface area contributed by atoms with Crippen LogP contribution in [0.1, 0.15) is 25.0 Å². The summed E-state index contributed by atoms with van der Waals surface area (Å²) in [5.74, 6) is 2.17. The molecule has 3 aromatic rings. The predicted molar refractivity (Wildman–Crippen MR) is 164 cm³/mol. The van der Waals surface area contributed by atoms with Gasteiger partial charge in [0, 0.05) is 35.7 Å². The van der Waals surface area contributed by atoms with E-state index in [2.05, 4.69) is 44.0 Å². The number of halogens is 5. The number of carbonyl (C=O) groups is 2. The summed E-state index contributed by atoms with van der Waals surface area (Å²) in [7, 11) is 0.915. The number of rotatable bonds is 12. The van der Waals surface area contributed by atoms with Crippen LogP contribution >= 0.6 is 0 Å². The summed E-state index contributed by atoms with van der Waals surface area (Å²) in [5, 5.41) is 31.4. The Hall–Kier alpha value is -5.23. The van der Waals surface area contributed by atoms with Gasteiger partial charge in [0.2, 0.25) is 5.91 Å². The molecule has 0 aliphatic rings. The predicted octanol–water partition coefficient (Wildman–Crippen LogP) is 4.73. The van der Waals surface area contributed by atoms with Crippen LogP contribution in [0.3, 0.4) is 0 Å². The smallest absolute Gasteiger partial charge is 0.407 e. The van der Waals surface area contributed by atoms with E-state index in [1.54, 1.807) is 24.3 Å². The molecule has 0 aliphatic carbocycles. The Morgan fingerprint density at radius 3 is 2.30 bits per heavy atom. The average Bonchev–Trinajstić information content (AvgIpc) is 3.56. The molecule has 1 heterocycles. The zero-order valence-corrected chi connectivity index (χ0v) is 25.6. The molecule has 0 saturated carbocycles. The van der Waals surface area contributed by atoms with Gasteiger partial charge in [0.25, 0.3) is 0 Å². The minimum Gasteiger partial charge on any atom is -0.453 e.